The molecule has 2 atom stereocenters. The second-order valence-corrected chi connectivity index (χ2v) is 7.97. The highest BCUT2D eigenvalue weighted by atomic mass is 32.1. The van der Waals surface area contributed by atoms with E-state index in [0.29, 0.717) is 11.0 Å². The third kappa shape index (κ3) is 1.64. The van der Waals surface area contributed by atoms with Crippen LogP contribution in [0.15, 0.2) is 16.8 Å². The molecule has 4 saturated carbocycles. The van der Waals surface area contributed by atoms with Crippen LogP contribution in [-0.4, -0.2) is 5.54 Å². The summed E-state index contributed by atoms with van der Waals surface area (Å²) in [4.78, 5) is 0. The first-order valence-corrected chi connectivity index (χ1v) is 7.90. The molecule has 0 amide bonds. The van der Waals surface area contributed by atoms with Crippen LogP contribution in [0.5, 0.6) is 0 Å². The van der Waals surface area contributed by atoms with Gasteiger partial charge in [0.1, 0.15) is 0 Å². The van der Waals surface area contributed by atoms with Gasteiger partial charge in [0.2, 0.25) is 0 Å². The van der Waals surface area contributed by atoms with E-state index in [4.69, 9.17) is 0 Å². The second-order valence-electron chi connectivity index (χ2n) is 7.19. The monoisotopic (exact) mass is 247 g/mol. The van der Waals surface area contributed by atoms with Crippen molar-refractivity contribution < 1.29 is 0 Å². The average Bonchev–Trinajstić information content (AvgIpc) is 2.64. The smallest absolute Gasteiger partial charge is 0.0453 e. The van der Waals surface area contributed by atoms with Gasteiger partial charge >= 0.3 is 0 Å². The molecule has 0 saturated heterocycles. The largest absolute Gasteiger partial charge is 0.379 e. The van der Waals surface area contributed by atoms with E-state index in [9.17, 15) is 0 Å². The summed E-state index contributed by atoms with van der Waals surface area (Å²) in [7, 11) is 0. The lowest BCUT2D eigenvalue weighted by Gasteiger charge is -2.61. The average molecular weight is 247 g/mol. The summed E-state index contributed by atoms with van der Waals surface area (Å²) in [5.41, 5.74) is 2.45. The first-order chi connectivity index (χ1) is 8.15. The fourth-order valence-corrected chi connectivity index (χ4v) is 6.10. The van der Waals surface area contributed by atoms with Crippen molar-refractivity contribution in [2.45, 2.75) is 51.0 Å². The molecule has 0 aromatic carbocycles. The number of thiophene rings is 1. The number of hydrogen-bond acceptors (Lipinski definition) is 2. The van der Waals surface area contributed by atoms with Crippen LogP contribution in [0.1, 0.15) is 45.4 Å². The molecule has 1 N–H and O–H groups in total. The van der Waals surface area contributed by atoms with E-state index in [1.54, 1.807) is 11.3 Å². The van der Waals surface area contributed by atoms with Crippen LogP contribution in [-0.2, 0) is 0 Å². The Morgan fingerprint density at radius 3 is 2.59 bits per heavy atom. The Morgan fingerprint density at radius 2 is 2.00 bits per heavy atom. The normalized spacial score (nSPS) is 47.4. The lowest BCUT2D eigenvalue weighted by atomic mass is 9.47. The summed E-state index contributed by atoms with van der Waals surface area (Å²) in [6.07, 6.45) is 8.77. The molecule has 4 aliphatic carbocycles. The van der Waals surface area contributed by atoms with Crippen molar-refractivity contribution in [2.24, 2.45) is 17.3 Å². The summed E-state index contributed by atoms with van der Waals surface area (Å²) in [6.45, 7) is 2.54. The Kier molecular flexibility index (Phi) is 2.01. The summed E-state index contributed by atoms with van der Waals surface area (Å²) in [6, 6.07) is 2.24. The van der Waals surface area contributed by atoms with Crippen molar-refractivity contribution in [3.05, 3.63) is 16.8 Å². The minimum Gasteiger partial charge on any atom is -0.379 e. The standard InChI is InChI=1S/C15H21NS/c1-14-5-11-4-12(6-14)8-15(7-11,10-14)16-13-2-3-17-9-13/h2-3,9,11-12,16H,4-8,10H2,1H3. The van der Waals surface area contributed by atoms with Crippen LogP contribution in [0.4, 0.5) is 5.69 Å². The van der Waals surface area contributed by atoms with Crippen LogP contribution >= 0.6 is 11.3 Å². The Balaban J connectivity index is 1.65. The van der Waals surface area contributed by atoms with Gasteiger partial charge in [-0.25, -0.2) is 0 Å². The minimum absolute atomic E-state index is 0.444. The van der Waals surface area contributed by atoms with Crippen molar-refractivity contribution >= 4 is 17.0 Å². The number of anilines is 1. The first kappa shape index (κ1) is 10.4. The molecule has 1 aromatic heterocycles. The molecule has 1 aromatic rings. The molecular weight excluding hydrogens is 226 g/mol. The minimum atomic E-state index is 0.444. The summed E-state index contributed by atoms with van der Waals surface area (Å²) >= 11 is 1.80. The van der Waals surface area contributed by atoms with Crippen LogP contribution in [0, 0.1) is 17.3 Å². The van der Waals surface area contributed by atoms with E-state index in [2.05, 4.69) is 29.1 Å². The highest BCUT2D eigenvalue weighted by molar-refractivity contribution is 7.08. The summed E-state index contributed by atoms with van der Waals surface area (Å²) < 4.78 is 0. The van der Waals surface area contributed by atoms with Gasteiger partial charge < -0.3 is 5.32 Å². The zero-order valence-corrected chi connectivity index (χ0v) is 11.4. The van der Waals surface area contributed by atoms with Gasteiger partial charge in [0, 0.05) is 16.6 Å². The second kappa shape index (κ2) is 3.28. The van der Waals surface area contributed by atoms with Gasteiger partial charge in [-0.05, 0) is 67.2 Å². The zero-order valence-electron chi connectivity index (χ0n) is 10.5. The molecule has 0 aliphatic heterocycles. The lowest BCUT2D eigenvalue weighted by molar-refractivity contribution is -0.0478. The highest BCUT2D eigenvalue weighted by Crippen LogP contribution is 2.62. The van der Waals surface area contributed by atoms with Crippen molar-refractivity contribution in [1.82, 2.24) is 0 Å². The first-order valence-electron chi connectivity index (χ1n) is 6.95. The van der Waals surface area contributed by atoms with E-state index in [1.807, 2.05) is 0 Å². The molecular formula is C15H21NS. The molecule has 5 rings (SSSR count). The molecule has 4 aliphatic rings. The molecule has 2 heteroatoms. The molecule has 4 fully saturated rings. The Labute approximate surface area is 108 Å². The van der Waals surface area contributed by atoms with Crippen LogP contribution < -0.4 is 5.32 Å². The molecule has 4 bridgehead atoms. The molecule has 2 unspecified atom stereocenters. The quantitative estimate of drug-likeness (QED) is 0.810. The number of nitrogens with one attached hydrogen (secondary N) is 1. The van der Waals surface area contributed by atoms with Crippen LogP contribution in [0.25, 0.3) is 0 Å². The SMILES string of the molecule is CC12CC3CC(C1)CC(Nc1ccsc1)(C3)C2. The molecule has 1 nitrogen and oxygen atoms in total. The predicted molar refractivity (Wildman–Crippen MR) is 73.5 cm³/mol. The van der Waals surface area contributed by atoms with Crippen molar-refractivity contribution in [1.29, 1.82) is 0 Å². The van der Waals surface area contributed by atoms with Crippen molar-refractivity contribution in [3.63, 3.8) is 0 Å². The Hall–Kier alpha value is -0.500. The third-order valence-corrected chi connectivity index (χ3v) is 5.97. The van der Waals surface area contributed by atoms with Gasteiger partial charge in [0.25, 0.3) is 0 Å². The maximum Gasteiger partial charge on any atom is 0.0453 e. The molecule has 0 spiro atoms. The molecule has 17 heavy (non-hydrogen) atoms. The fourth-order valence-electron chi connectivity index (χ4n) is 5.51. The van der Waals surface area contributed by atoms with Crippen LogP contribution in [0.2, 0.25) is 0 Å². The predicted octanol–water partition coefficient (Wildman–Crippen LogP) is 4.52. The zero-order chi connectivity index (χ0) is 11.5. The number of hydrogen-bond donors (Lipinski definition) is 1. The van der Waals surface area contributed by atoms with Crippen LogP contribution in [0.3, 0.4) is 0 Å². The summed E-state index contributed by atoms with van der Waals surface area (Å²) in [5.74, 6) is 2.01. The molecule has 1 heterocycles. The van der Waals surface area contributed by atoms with Gasteiger partial charge in [0.05, 0.1) is 0 Å². The van der Waals surface area contributed by atoms with Crippen molar-refractivity contribution in [3.8, 4) is 0 Å². The van der Waals surface area contributed by atoms with Gasteiger partial charge in [-0.15, -0.1) is 0 Å². The van der Waals surface area contributed by atoms with Gasteiger partial charge in [-0.1, -0.05) is 6.92 Å². The lowest BCUT2D eigenvalue weighted by Crippen LogP contribution is -2.58. The van der Waals surface area contributed by atoms with Crippen molar-refractivity contribution in [2.75, 3.05) is 5.32 Å². The Morgan fingerprint density at radius 1 is 1.24 bits per heavy atom. The van der Waals surface area contributed by atoms with E-state index in [-0.39, 0.29) is 0 Å². The summed E-state index contributed by atoms with van der Waals surface area (Å²) in [5, 5.41) is 8.35. The third-order valence-electron chi connectivity index (χ3n) is 5.28. The fraction of sp³-hybridized carbons (Fsp3) is 0.733. The van der Waals surface area contributed by atoms with E-state index < -0.39 is 0 Å². The van der Waals surface area contributed by atoms with E-state index >= 15 is 0 Å². The van der Waals surface area contributed by atoms with E-state index in [1.165, 1.54) is 44.2 Å². The molecule has 92 valence electrons. The van der Waals surface area contributed by atoms with E-state index in [0.717, 1.165) is 11.8 Å². The van der Waals surface area contributed by atoms with Gasteiger partial charge in [-0.3, -0.25) is 0 Å². The van der Waals surface area contributed by atoms with Gasteiger partial charge in [-0.2, -0.15) is 11.3 Å². The maximum absolute atomic E-state index is 3.90. The topological polar surface area (TPSA) is 12.0 Å². The molecule has 0 radical (unpaired) electrons. The maximum atomic E-state index is 3.90. The highest BCUT2D eigenvalue weighted by Gasteiger charge is 2.55. The van der Waals surface area contributed by atoms with Gasteiger partial charge in [0.15, 0.2) is 0 Å². The Bertz CT molecular complexity index is 408. The number of rotatable bonds is 2.